The van der Waals surface area contributed by atoms with Gasteiger partial charge >= 0.3 is 0 Å². The first-order valence-corrected chi connectivity index (χ1v) is 6.51. The quantitative estimate of drug-likeness (QED) is 0.775. The van der Waals surface area contributed by atoms with Crippen molar-refractivity contribution in [1.82, 2.24) is 4.72 Å². The van der Waals surface area contributed by atoms with E-state index in [0.29, 0.717) is 11.3 Å². The van der Waals surface area contributed by atoms with Crippen molar-refractivity contribution in [3.8, 4) is 0 Å². The van der Waals surface area contributed by atoms with Gasteiger partial charge < -0.3 is 5.73 Å². The van der Waals surface area contributed by atoms with Crippen molar-refractivity contribution in [2.24, 2.45) is 0 Å². The molecule has 1 aromatic carbocycles. The van der Waals surface area contributed by atoms with E-state index in [9.17, 15) is 8.42 Å². The van der Waals surface area contributed by atoms with Gasteiger partial charge in [-0.2, -0.15) is 0 Å². The van der Waals surface area contributed by atoms with E-state index in [0.717, 1.165) is 0 Å². The van der Waals surface area contributed by atoms with E-state index >= 15 is 0 Å². The Hall–Kier alpha value is -1.07. The van der Waals surface area contributed by atoms with Crippen LogP contribution >= 0.6 is 0 Å². The highest BCUT2D eigenvalue weighted by Gasteiger charge is 2.23. The smallest absolute Gasteiger partial charge is 0.241 e. The summed E-state index contributed by atoms with van der Waals surface area (Å²) in [7, 11) is -3.50. The number of hydrogen-bond acceptors (Lipinski definition) is 3. The lowest BCUT2D eigenvalue weighted by atomic mass is 10.1. The SMILES string of the molecule is Cc1c(N)cccc1S(=O)(=O)NC(C)(C)C. The van der Waals surface area contributed by atoms with Crippen LogP contribution in [0.3, 0.4) is 0 Å². The first kappa shape index (κ1) is 13.0. The number of benzene rings is 1. The van der Waals surface area contributed by atoms with Crippen LogP contribution in [0, 0.1) is 6.92 Å². The number of nitrogens with two attached hydrogens (primary N) is 1. The molecule has 0 saturated heterocycles. The normalized spacial score (nSPS) is 12.8. The zero-order valence-electron chi connectivity index (χ0n) is 10.0. The number of anilines is 1. The third kappa shape index (κ3) is 2.96. The number of sulfonamides is 1. The van der Waals surface area contributed by atoms with Crippen LogP contribution in [0.25, 0.3) is 0 Å². The van der Waals surface area contributed by atoms with E-state index in [1.54, 1.807) is 45.9 Å². The lowest BCUT2D eigenvalue weighted by Crippen LogP contribution is -2.40. The second-order valence-electron chi connectivity index (χ2n) is 4.83. The third-order valence-electron chi connectivity index (χ3n) is 2.06. The summed E-state index contributed by atoms with van der Waals surface area (Å²) >= 11 is 0. The minimum absolute atomic E-state index is 0.238. The fraction of sp³-hybridized carbons (Fsp3) is 0.455. The average molecular weight is 242 g/mol. The van der Waals surface area contributed by atoms with Crippen molar-refractivity contribution in [2.75, 3.05) is 5.73 Å². The molecule has 16 heavy (non-hydrogen) atoms. The predicted molar refractivity (Wildman–Crippen MR) is 65.7 cm³/mol. The van der Waals surface area contributed by atoms with Crippen LogP contribution in [-0.4, -0.2) is 14.0 Å². The molecule has 0 fully saturated rings. The summed E-state index contributed by atoms with van der Waals surface area (Å²) in [5, 5.41) is 0. The predicted octanol–water partition coefficient (Wildman–Crippen LogP) is 1.65. The molecule has 0 heterocycles. The largest absolute Gasteiger partial charge is 0.398 e. The zero-order chi connectivity index (χ0) is 12.6. The van der Waals surface area contributed by atoms with E-state index in [1.807, 2.05) is 0 Å². The highest BCUT2D eigenvalue weighted by Crippen LogP contribution is 2.21. The van der Waals surface area contributed by atoms with Gasteiger partial charge in [-0.1, -0.05) is 6.07 Å². The minimum Gasteiger partial charge on any atom is -0.398 e. The van der Waals surface area contributed by atoms with Gasteiger partial charge in [0.1, 0.15) is 0 Å². The highest BCUT2D eigenvalue weighted by atomic mass is 32.2. The molecule has 0 atom stereocenters. The van der Waals surface area contributed by atoms with Gasteiger partial charge in [0.05, 0.1) is 4.90 Å². The molecule has 1 aromatic rings. The maximum absolute atomic E-state index is 12.1. The summed E-state index contributed by atoms with van der Waals surface area (Å²) in [5.41, 5.74) is 6.25. The van der Waals surface area contributed by atoms with Crippen LogP contribution in [0.2, 0.25) is 0 Å². The molecular formula is C11H18N2O2S. The van der Waals surface area contributed by atoms with Gasteiger partial charge in [0.15, 0.2) is 0 Å². The molecule has 0 saturated carbocycles. The van der Waals surface area contributed by atoms with Crippen molar-refractivity contribution in [3.05, 3.63) is 23.8 Å². The Morgan fingerprint density at radius 3 is 2.31 bits per heavy atom. The molecule has 3 N–H and O–H groups in total. The molecule has 0 aliphatic carbocycles. The topological polar surface area (TPSA) is 72.2 Å². The molecule has 0 aliphatic rings. The molecule has 0 aromatic heterocycles. The Labute approximate surface area is 96.9 Å². The minimum atomic E-state index is -3.50. The molecule has 90 valence electrons. The highest BCUT2D eigenvalue weighted by molar-refractivity contribution is 7.89. The monoisotopic (exact) mass is 242 g/mol. The third-order valence-corrected chi connectivity index (χ3v) is 3.96. The van der Waals surface area contributed by atoms with Crippen molar-refractivity contribution in [3.63, 3.8) is 0 Å². The second-order valence-corrected chi connectivity index (χ2v) is 6.48. The standard InChI is InChI=1S/C11H18N2O2S/c1-8-9(12)6-5-7-10(8)16(14,15)13-11(2,3)4/h5-7,13H,12H2,1-4H3. The number of rotatable bonds is 2. The van der Waals surface area contributed by atoms with Gasteiger partial charge in [0.25, 0.3) is 0 Å². The molecule has 0 amide bonds. The van der Waals surface area contributed by atoms with E-state index in [1.165, 1.54) is 0 Å². The van der Waals surface area contributed by atoms with Crippen molar-refractivity contribution >= 4 is 15.7 Å². The van der Waals surface area contributed by atoms with Gasteiger partial charge in [-0.05, 0) is 45.4 Å². The lowest BCUT2D eigenvalue weighted by Gasteiger charge is -2.21. The van der Waals surface area contributed by atoms with Crippen LogP contribution in [0.15, 0.2) is 23.1 Å². The molecule has 4 nitrogen and oxygen atoms in total. The fourth-order valence-corrected chi connectivity index (χ4v) is 3.08. The fourth-order valence-electron chi connectivity index (χ4n) is 1.38. The Bertz CT molecular complexity index is 487. The van der Waals surface area contributed by atoms with Crippen LogP contribution in [-0.2, 0) is 10.0 Å². The Morgan fingerprint density at radius 2 is 1.81 bits per heavy atom. The van der Waals surface area contributed by atoms with Crippen molar-refractivity contribution < 1.29 is 8.42 Å². The zero-order valence-corrected chi connectivity index (χ0v) is 10.9. The number of nitrogens with one attached hydrogen (secondary N) is 1. The summed E-state index contributed by atoms with van der Waals surface area (Å²) in [4.78, 5) is 0.238. The Morgan fingerprint density at radius 1 is 1.25 bits per heavy atom. The summed E-state index contributed by atoms with van der Waals surface area (Å²) in [6, 6.07) is 4.88. The van der Waals surface area contributed by atoms with Gasteiger partial charge in [-0.15, -0.1) is 0 Å². The number of hydrogen-bond donors (Lipinski definition) is 2. The summed E-state index contributed by atoms with van der Waals surface area (Å²) in [6.07, 6.45) is 0. The molecule has 0 spiro atoms. The second kappa shape index (κ2) is 4.07. The molecule has 0 aliphatic heterocycles. The Kier molecular flexibility index (Phi) is 3.30. The average Bonchev–Trinajstić information content (AvgIpc) is 2.05. The molecule has 5 heteroatoms. The molecule has 0 bridgehead atoms. The van der Waals surface area contributed by atoms with Crippen LogP contribution < -0.4 is 10.5 Å². The van der Waals surface area contributed by atoms with E-state index in [-0.39, 0.29) is 4.90 Å². The molecule has 0 unspecified atom stereocenters. The first-order valence-electron chi connectivity index (χ1n) is 5.02. The lowest BCUT2D eigenvalue weighted by molar-refractivity contribution is 0.491. The van der Waals surface area contributed by atoms with Crippen molar-refractivity contribution in [1.29, 1.82) is 0 Å². The summed E-state index contributed by atoms with van der Waals surface area (Å²) < 4.78 is 26.7. The molecular weight excluding hydrogens is 224 g/mol. The maximum Gasteiger partial charge on any atom is 0.241 e. The Balaban J connectivity index is 3.24. The molecule has 0 radical (unpaired) electrons. The van der Waals surface area contributed by atoms with Crippen LogP contribution in [0.4, 0.5) is 5.69 Å². The van der Waals surface area contributed by atoms with Crippen molar-refractivity contribution in [2.45, 2.75) is 38.1 Å². The maximum atomic E-state index is 12.1. The van der Waals surface area contributed by atoms with Gasteiger partial charge in [0.2, 0.25) is 10.0 Å². The van der Waals surface area contributed by atoms with Crippen LogP contribution in [0.1, 0.15) is 26.3 Å². The van der Waals surface area contributed by atoms with E-state index in [2.05, 4.69) is 4.72 Å². The van der Waals surface area contributed by atoms with E-state index < -0.39 is 15.6 Å². The van der Waals surface area contributed by atoms with E-state index in [4.69, 9.17) is 5.73 Å². The summed E-state index contributed by atoms with van der Waals surface area (Å²) in [6.45, 7) is 7.09. The number of nitrogen functional groups attached to an aromatic ring is 1. The van der Waals surface area contributed by atoms with Gasteiger partial charge in [0, 0.05) is 11.2 Å². The first-order chi connectivity index (χ1) is 7.13. The molecule has 1 rings (SSSR count). The summed E-state index contributed by atoms with van der Waals surface area (Å²) in [5.74, 6) is 0. The van der Waals surface area contributed by atoms with Gasteiger partial charge in [-0.25, -0.2) is 13.1 Å². The van der Waals surface area contributed by atoms with Crippen LogP contribution in [0.5, 0.6) is 0 Å². The van der Waals surface area contributed by atoms with Gasteiger partial charge in [-0.3, -0.25) is 0 Å².